The molecule has 0 unspecified atom stereocenters. The minimum atomic E-state index is -0.152. The Labute approximate surface area is 541 Å². The monoisotopic (exact) mass is 1190 g/mol. The topological polar surface area (TPSA) is 32.3 Å². The molecule has 12 aromatic rings. The van der Waals surface area contributed by atoms with Gasteiger partial charge in [0.2, 0.25) is 0 Å². The molecule has 454 valence electrons. The van der Waals surface area contributed by atoms with Crippen LogP contribution in [0.2, 0.25) is 0 Å². The first kappa shape index (κ1) is 59.8. The van der Waals surface area contributed by atoms with E-state index in [1.807, 2.05) is 0 Å². The summed E-state index contributed by atoms with van der Waals surface area (Å²) >= 11 is 0. The lowest BCUT2D eigenvalue weighted by atomic mass is 9.33. The van der Waals surface area contributed by atoms with Gasteiger partial charge in [0.1, 0.15) is 0 Å². The number of hydrogen-bond acceptors (Lipinski definition) is 4. The molecule has 14 rings (SSSR count). The van der Waals surface area contributed by atoms with Gasteiger partial charge in [0.25, 0.3) is 6.71 Å². The van der Waals surface area contributed by atoms with Crippen LogP contribution in [0.5, 0.6) is 0 Å². The van der Waals surface area contributed by atoms with Crippen molar-refractivity contribution in [3.05, 3.63) is 234 Å². The van der Waals surface area contributed by atoms with E-state index in [0.717, 1.165) is 62.2 Å². The first-order chi connectivity index (χ1) is 42.8. The van der Waals surface area contributed by atoms with Crippen LogP contribution in [-0.4, -0.2) is 16.7 Å². The number of anilines is 6. The Morgan fingerprint density at radius 3 is 0.879 bits per heavy atom. The molecule has 91 heavy (non-hydrogen) atoms. The standard InChI is InChI=1S/C86H87BN4/c1-81(2,3)63-27-31-69(32-28-63)90-75-45-58-37-54-25-21-19-23-52(54)35-56(58)43-71(75)87-72-44-57-36-53-24-20-22-26-55(53)38-59(57)46-76(72)91(70-33-29-64(30-34-70)82(4,5)6)78-48-62(47-77(90)79(78)87)80-88-73(60-39-65(83(7,8)9)49-66(40-60)84(10,11)12)51-74(89-80)61-41-67(85(13,14)15)50-68(42-61)86(16,17)18/h19-51H,1-18H3. The minimum Gasteiger partial charge on any atom is -0.311 e. The SMILES string of the molecule is CC(C)(C)c1ccc(N2c3cc4cc5ccccc5cc4cc3B3c4cc5cc6ccccc6cc5cc4N(c4ccc(C(C)(C)C)cc4)c4cc(-c5nc(-c6cc(C(C)(C)C)cc(C(C)(C)C)c6)cc(-c6cc(C(C)(C)C)cc(C(C)(C)C)c6)n5)cc2c43)cc1. The maximum absolute atomic E-state index is 5.90. The molecule has 5 heteroatoms. The summed E-state index contributed by atoms with van der Waals surface area (Å²) in [5, 5.41) is 9.78. The second-order valence-corrected chi connectivity index (χ2v) is 32.6. The van der Waals surface area contributed by atoms with E-state index < -0.39 is 0 Å². The normalized spacial score (nSPS) is 13.8. The molecule has 2 aliphatic heterocycles. The maximum atomic E-state index is 5.90. The summed E-state index contributed by atoms with van der Waals surface area (Å²) in [5.74, 6) is 0.678. The van der Waals surface area contributed by atoms with Gasteiger partial charge in [-0.1, -0.05) is 222 Å². The van der Waals surface area contributed by atoms with Gasteiger partial charge in [-0.15, -0.1) is 0 Å². The largest absolute Gasteiger partial charge is 0.311 e. The van der Waals surface area contributed by atoms with Crippen molar-refractivity contribution in [1.82, 2.24) is 9.97 Å². The average molecular weight is 1190 g/mol. The Hall–Kier alpha value is -8.80. The molecule has 0 fully saturated rings. The summed E-state index contributed by atoms with van der Waals surface area (Å²) in [6.45, 7) is 41.6. The molecule has 0 saturated heterocycles. The molecule has 4 nitrogen and oxygen atoms in total. The molecular weight excluding hydrogens is 1100 g/mol. The van der Waals surface area contributed by atoms with E-state index in [1.54, 1.807) is 0 Å². The first-order valence-electron chi connectivity index (χ1n) is 33.0. The van der Waals surface area contributed by atoms with E-state index in [-0.39, 0.29) is 39.2 Å². The van der Waals surface area contributed by atoms with Crippen LogP contribution in [0.3, 0.4) is 0 Å². The molecule has 0 amide bonds. The van der Waals surface area contributed by atoms with Gasteiger partial charge in [0.15, 0.2) is 5.82 Å². The first-order valence-corrected chi connectivity index (χ1v) is 33.0. The van der Waals surface area contributed by atoms with E-state index in [4.69, 9.17) is 9.97 Å². The lowest BCUT2D eigenvalue weighted by molar-refractivity contribution is 0.568. The second kappa shape index (κ2) is 20.9. The molecule has 3 heterocycles. The third-order valence-corrected chi connectivity index (χ3v) is 19.6. The Morgan fingerprint density at radius 1 is 0.264 bits per heavy atom. The van der Waals surface area contributed by atoms with E-state index in [0.29, 0.717) is 5.82 Å². The van der Waals surface area contributed by atoms with Crippen LogP contribution in [0.25, 0.3) is 77.0 Å². The maximum Gasteiger partial charge on any atom is 0.252 e. The zero-order valence-corrected chi connectivity index (χ0v) is 56.9. The van der Waals surface area contributed by atoms with E-state index in [2.05, 4.69) is 335 Å². The van der Waals surface area contributed by atoms with Gasteiger partial charge < -0.3 is 9.80 Å². The minimum absolute atomic E-state index is 0.0409. The average Bonchev–Trinajstić information content (AvgIpc) is 0.692. The molecule has 2 aliphatic rings. The number of rotatable bonds is 5. The van der Waals surface area contributed by atoms with Crippen LogP contribution in [0.15, 0.2) is 200 Å². The molecule has 0 atom stereocenters. The fourth-order valence-electron chi connectivity index (χ4n) is 13.9. The van der Waals surface area contributed by atoms with Crippen molar-refractivity contribution in [3.63, 3.8) is 0 Å². The zero-order chi connectivity index (χ0) is 64.2. The van der Waals surface area contributed by atoms with E-state index in [1.165, 1.54) is 92.9 Å². The molecule has 1 aromatic heterocycles. The predicted molar refractivity (Wildman–Crippen MR) is 395 cm³/mol. The summed E-state index contributed by atoms with van der Waals surface area (Å²) in [7, 11) is 0. The van der Waals surface area contributed by atoms with Crippen molar-refractivity contribution in [3.8, 4) is 33.9 Å². The summed E-state index contributed by atoms with van der Waals surface area (Å²) in [4.78, 5) is 17.0. The fraction of sp³-hybridized carbons (Fsp3) is 0.279. The Bertz CT molecular complexity index is 4560. The molecule has 0 N–H and O–H groups in total. The van der Waals surface area contributed by atoms with Crippen molar-refractivity contribution in [2.75, 3.05) is 9.80 Å². The van der Waals surface area contributed by atoms with Gasteiger partial charge in [-0.3, -0.25) is 0 Å². The highest BCUT2D eigenvalue weighted by molar-refractivity contribution is 7.00. The van der Waals surface area contributed by atoms with Crippen LogP contribution < -0.4 is 26.2 Å². The van der Waals surface area contributed by atoms with Crippen LogP contribution in [0.1, 0.15) is 158 Å². The Kier molecular flexibility index (Phi) is 13.7. The van der Waals surface area contributed by atoms with Crippen LogP contribution >= 0.6 is 0 Å². The zero-order valence-electron chi connectivity index (χ0n) is 56.9. The summed E-state index contributed by atoms with van der Waals surface area (Å²) in [5.41, 5.74) is 22.7. The molecule has 11 aromatic carbocycles. The molecular formula is C86H87BN4. The molecule has 0 bridgehead atoms. The quantitative estimate of drug-likeness (QED) is 0.127. The van der Waals surface area contributed by atoms with Gasteiger partial charge in [0, 0.05) is 50.8 Å². The molecule has 0 radical (unpaired) electrons. The highest BCUT2D eigenvalue weighted by Crippen LogP contribution is 2.49. The number of benzene rings is 11. The third kappa shape index (κ3) is 10.8. The van der Waals surface area contributed by atoms with Crippen LogP contribution in [0, 0.1) is 0 Å². The van der Waals surface area contributed by atoms with Crippen molar-refractivity contribution in [2.45, 2.75) is 157 Å². The van der Waals surface area contributed by atoms with Gasteiger partial charge in [-0.25, -0.2) is 9.97 Å². The third-order valence-electron chi connectivity index (χ3n) is 19.6. The van der Waals surface area contributed by atoms with Crippen molar-refractivity contribution >= 4 is 100 Å². The molecule has 0 aliphatic carbocycles. The van der Waals surface area contributed by atoms with Crippen molar-refractivity contribution < 1.29 is 0 Å². The van der Waals surface area contributed by atoms with Gasteiger partial charge in [-0.05, 0) is 228 Å². The lowest BCUT2D eigenvalue weighted by Gasteiger charge is -2.44. The lowest BCUT2D eigenvalue weighted by Crippen LogP contribution is -2.61. The van der Waals surface area contributed by atoms with Gasteiger partial charge in [0.05, 0.1) is 11.4 Å². The Balaban J connectivity index is 1.14. The highest BCUT2D eigenvalue weighted by atomic mass is 15.2. The van der Waals surface area contributed by atoms with Crippen molar-refractivity contribution in [2.24, 2.45) is 0 Å². The summed E-state index contributed by atoms with van der Waals surface area (Å²) in [6, 6.07) is 77.5. The van der Waals surface area contributed by atoms with Gasteiger partial charge in [-0.2, -0.15) is 0 Å². The summed E-state index contributed by atoms with van der Waals surface area (Å²) < 4.78 is 0. The predicted octanol–water partition coefficient (Wildman–Crippen LogP) is 22.0. The number of hydrogen-bond donors (Lipinski definition) is 0. The molecule has 0 saturated carbocycles. The van der Waals surface area contributed by atoms with Crippen molar-refractivity contribution in [1.29, 1.82) is 0 Å². The number of fused-ring (bicyclic) bond motifs is 8. The smallest absolute Gasteiger partial charge is 0.252 e. The van der Waals surface area contributed by atoms with E-state index >= 15 is 0 Å². The molecule has 0 spiro atoms. The summed E-state index contributed by atoms with van der Waals surface area (Å²) in [6.07, 6.45) is 0. The Morgan fingerprint density at radius 2 is 0.571 bits per heavy atom. The number of aromatic nitrogens is 2. The fourth-order valence-corrected chi connectivity index (χ4v) is 13.9. The second-order valence-electron chi connectivity index (χ2n) is 32.6. The van der Waals surface area contributed by atoms with Crippen LogP contribution in [-0.2, 0) is 32.5 Å². The number of nitrogens with zero attached hydrogens (tertiary/aromatic N) is 4. The van der Waals surface area contributed by atoms with Crippen LogP contribution in [0.4, 0.5) is 34.1 Å². The van der Waals surface area contributed by atoms with E-state index in [9.17, 15) is 0 Å². The highest BCUT2D eigenvalue weighted by Gasteiger charge is 2.45. The van der Waals surface area contributed by atoms with Gasteiger partial charge >= 0.3 is 0 Å².